The van der Waals surface area contributed by atoms with E-state index in [1.807, 2.05) is 38.4 Å². The number of rotatable bonds is 7. The van der Waals surface area contributed by atoms with Gasteiger partial charge >= 0.3 is 6.43 Å². The first kappa shape index (κ1) is 20.7. The Hall–Kier alpha value is -3.60. The Labute approximate surface area is 175 Å². The van der Waals surface area contributed by atoms with Crippen LogP contribution in [0.3, 0.4) is 0 Å². The SMILES string of the molecule is CN(C)Cc1cccc(-c2cn(Cc3ncc(-c4nnc(C(F)F)o4)cc3F)nn2)c1. The zero-order chi connectivity index (χ0) is 22.0. The Morgan fingerprint density at radius 2 is 1.94 bits per heavy atom. The highest BCUT2D eigenvalue weighted by Gasteiger charge is 2.18. The third-order valence-electron chi connectivity index (χ3n) is 4.36. The van der Waals surface area contributed by atoms with Crippen molar-refractivity contribution in [1.82, 2.24) is 35.1 Å². The molecular weight excluding hydrogens is 411 g/mol. The molecule has 4 rings (SSSR count). The van der Waals surface area contributed by atoms with Crippen molar-refractivity contribution in [1.29, 1.82) is 0 Å². The second-order valence-corrected chi connectivity index (χ2v) is 7.14. The molecular formula is C20H18F3N7O. The molecule has 0 aliphatic heterocycles. The van der Waals surface area contributed by atoms with E-state index >= 15 is 0 Å². The van der Waals surface area contributed by atoms with Crippen LogP contribution in [0.1, 0.15) is 23.6 Å². The van der Waals surface area contributed by atoms with Gasteiger partial charge in [-0.25, -0.2) is 9.07 Å². The molecule has 0 saturated heterocycles. The van der Waals surface area contributed by atoms with Gasteiger partial charge in [0.2, 0.25) is 5.89 Å². The smallest absolute Gasteiger partial charge is 0.314 e. The second kappa shape index (κ2) is 8.64. The van der Waals surface area contributed by atoms with E-state index in [1.54, 1.807) is 6.20 Å². The highest BCUT2D eigenvalue weighted by atomic mass is 19.3. The summed E-state index contributed by atoms with van der Waals surface area (Å²) < 4.78 is 46.0. The molecule has 0 N–H and O–H groups in total. The molecule has 0 amide bonds. The van der Waals surface area contributed by atoms with Crippen LogP contribution in [0.4, 0.5) is 13.2 Å². The van der Waals surface area contributed by atoms with E-state index in [2.05, 4.69) is 30.4 Å². The zero-order valence-corrected chi connectivity index (χ0v) is 16.7. The van der Waals surface area contributed by atoms with Crippen molar-refractivity contribution in [2.24, 2.45) is 0 Å². The van der Waals surface area contributed by atoms with Gasteiger partial charge in [0.1, 0.15) is 11.5 Å². The van der Waals surface area contributed by atoms with Gasteiger partial charge in [0.15, 0.2) is 0 Å². The fraction of sp³-hybridized carbons (Fsp3) is 0.250. The normalized spacial score (nSPS) is 11.6. The molecule has 0 aliphatic carbocycles. The molecule has 0 saturated carbocycles. The molecule has 0 radical (unpaired) electrons. The van der Waals surface area contributed by atoms with E-state index in [9.17, 15) is 13.2 Å². The van der Waals surface area contributed by atoms with Crippen LogP contribution in [0.15, 0.2) is 47.1 Å². The average molecular weight is 429 g/mol. The van der Waals surface area contributed by atoms with E-state index in [1.165, 1.54) is 10.9 Å². The second-order valence-electron chi connectivity index (χ2n) is 7.14. The van der Waals surface area contributed by atoms with Crippen LogP contribution in [0, 0.1) is 5.82 Å². The number of aromatic nitrogens is 6. The van der Waals surface area contributed by atoms with Gasteiger partial charge in [0, 0.05) is 18.3 Å². The zero-order valence-electron chi connectivity index (χ0n) is 16.7. The fourth-order valence-corrected chi connectivity index (χ4v) is 2.99. The lowest BCUT2D eigenvalue weighted by atomic mass is 10.1. The highest BCUT2D eigenvalue weighted by Crippen LogP contribution is 2.24. The largest absolute Gasteiger partial charge is 0.415 e. The maximum absolute atomic E-state index is 14.5. The van der Waals surface area contributed by atoms with Gasteiger partial charge in [-0.05, 0) is 31.8 Å². The third-order valence-corrected chi connectivity index (χ3v) is 4.36. The van der Waals surface area contributed by atoms with E-state index in [-0.39, 0.29) is 23.7 Å². The van der Waals surface area contributed by atoms with Gasteiger partial charge in [-0.1, -0.05) is 23.4 Å². The van der Waals surface area contributed by atoms with Gasteiger partial charge in [-0.3, -0.25) is 4.98 Å². The van der Waals surface area contributed by atoms with Crippen molar-refractivity contribution in [2.75, 3.05) is 14.1 Å². The molecule has 4 aromatic rings. The van der Waals surface area contributed by atoms with Gasteiger partial charge in [0.05, 0.1) is 24.0 Å². The van der Waals surface area contributed by atoms with E-state index in [4.69, 9.17) is 4.42 Å². The number of halogens is 3. The van der Waals surface area contributed by atoms with Crippen molar-refractivity contribution in [2.45, 2.75) is 19.5 Å². The van der Waals surface area contributed by atoms with Gasteiger partial charge < -0.3 is 9.32 Å². The average Bonchev–Trinajstić information content (AvgIpc) is 3.39. The molecule has 0 unspecified atom stereocenters. The quantitative estimate of drug-likeness (QED) is 0.444. The van der Waals surface area contributed by atoms with Gasteiger partial charge in [0.25, 0.3) is 5.89 Å². The molecule has 31 heavy (non-hydrogen) atoms. The minimum absolute atomic E-state index is 0.0443. The number of pyridine rings is 1. The summed E-state index contributed by atoms with van der Waals surface area (Å²) in [6.07, 6.45) is 0.0870. The molecule has 0 spiro atoms. The highest BCUT2D eigenvalue weighted by molar-refractivity contribution is 5.58. The summed E-state index contributed by atoms with van der Waals surface area (Å²) in [5.74, 6) is -1.71. The van der Waals surface area contributed by atoms with Crippen molar-refractivity contribution < 1.29 is 17.6 Å². The first-order valence-corrected chi connectivity index (χ1v) is 9.29. The maximum Gasteiger partial charge on any atom is 0.314 e. The lowest BCUT2D eigenvalue weighted by molar-refractivity contribution is 0.116. The van der Waals surface area contributed by atoms with Crippen molar-refractivity contribution >= 4 is 0 Å². The minimum Gasteiger partial charge on any atom is -0.415 e. The molecule has 11 heteroatoms. The molecule has 0 atom stereocenters. The Kier molecular flexibility index (Phi) is 5.76. The number of benzene rings is 1. The summed E-state index contributed by atoms with van der Waals surface area (Å²) in [7, 11) is 3.98. The van der Waals surface area contributed by atoms with Crippen LogP contribution in [0.25, 0.3) is 22.7 Å². The molecule has 160 valence electrons. The standard InChI is InChI=1S/C20H18F3N7O/c1-29(2)9-12-4-3-5-13(6-12)16-10-30(28-25-16)11-17-15(21)7-14(8-24-17)19-26-27-20(31-19)18(22)23/h3-8,10,18H,9,11H2,1-2H3. The topological polar surface area (TPSA) is 85.8 Å². The predicted molar refractivity (Wildman–Crippen MR) is 104 cm³/mol. The Balaban J connectivity index is 1.51. The van der Waals surface area contributed by atoms with Crippen molar-refractivity contribution in [3.05, 3.63) is 65.7 Å². The van der Waals surface area contributed by atoms with Crippen LogP contribution in [-0.2, 0) is 13.1 Å². The van der Waals surface area contributed by atoms with Crippen LogP contribution in [-0.4, -0.2) is 49.2 Å². The monoisotopic (exact) mass is 429 g/mol. The van der Waals surface area contributed by atoms with E-state index < -0.39 is 18.1 Å². The number of alkyl halides is 2. The van der Waals surface area contributed by atoms with E-state index in [0.29, 0.717) is 5.69 Å². The summed E-state index contributed by atoms with van der Waals surface area (Å²) in [5.41, 5.74) is 2.91. The van der Waals surface area contributed by atoms with Crippen LogP contribution >= 0.6 is 0 Å². The minimum atomic E-state index is -2.90. The summed E-state index contributed by atoms with van der Waals surface area (Å²) in [6, 6.07) is 9.04. The van der Waals surface area contributed by atoms with Crippen LogP contribution in [0.2, 0.25) is 0 Å². The van der Waals surface area contributed by atoms with Crippen molar-refractivity contribution in [3.63, 3.8) is 0 Å². The summed E-state index contributed by atoms with van der Waals surface area (Å²) in [5, 5.41) is 14.9. The third kappa shape index (κ3) is 4.77. The number of hydrogen-bond acceptors (Lipinski definition) is 7. The fourth-order valence-electron chi connectivity index (χ4n) is 2.99. The maximum atomic E-state index is 14.5. The van der Waals surface area contributed by atoms with Crippen LogP contribution < -0.4 is 0 Å². The lowest BCUT2D eigenvalue weighted by Crippen LogP contribution is -2.10. The Morgan fingerprint density at radius 3 is 2.65 bits per heavy atom. The lowest BCUT2D eigenvalue weighted by Gasteiger charge is -2.10. The van der Waals surface area contributed by atoms with E-state index in [0.717, 1.165) is 23.7 Å². The first-order valence-electron chi connectivity index (χ1n) is 9.29. The summed E-state index contributed by atoms with van der Waals surface area (Å²) >= 11 is 0. The van der Waals surface area contributed by atoms with Gasteiger partial charge in [-0.15, -0.1) is 15.3 Å². The molecule has 0 bridgehead atoms. The van der Waals surface area contributed by atoms with Crippen LogP contribution in [0.5, 0.6) is 0 Å². The Morgan fingerprint density at radius 1 is 1.10 bits per heavy atom. The molecule has 0 fully saturated rings. The van der Waals surface area contributed by atoms with Gasteiger partial charge in [-0.2, -0.15) is 8.78 Å². The summed E-state index contributed by atoms with van der Waals surface area (Å²) in [6.45, 7) is 0.838. The molecule has 3 aromatic heterocycles. The Bertz CT molecular complexity index is 1190. The summed E-state index contributed by atoms with van der Waals surface area (Å²) in [4.78, 5) is 6.11. The number of nitrogens with zero attached hydrogens (tertiary/aromatic N) is 7. The van der Waals surface area contributed by atoms with Crippen molar-refractivity contribution in [3.8, 4) is 22.7 Å². The predicted octanol–water partition coefficient (Wildman–Crippen LogP) is 3.58. The molecule has 0 aliphatic rings. The first-order chi connectivity index (χ1) is 14.9. The number of hydrogen-bond donors (Lipinski definition) is 0. The molecule has 8 nitrogen and oxygen atoms in total. The molecule has 1 aromatic carbocycles. The molecule has 3 heterocycles.